The molecule has 48 heavy (non-hydrogen) atoms. The zero-order valence-corrected chi connectivity index (χ0v) is 29.1. The topological polar surface area (TPSA) is 86.4 Å². The summed E-state index contributed by atoms with van der Waals surface area (Å²) < 4.78 is 10.9. The lowest BCUT2D eigenvalue weighted by atomic mass is 10.1. The van der Waals surface area contributed by atoms with Crippen LogP contribution in [0.1, 0.15) is 49.7 Å². The first kappa shape index (κ1) is 35.4. The van der Waals surface area contributed by atoms with Gasteiger partial charge >= 0.3 is 6.03 Å². The third kappa shape index (κ3) is 10.3. The smallest absolute Gasteiger partial charge is 0.322 e. The molecule has 3 amide bonds. The fraction of sp³-hybridized carbons (Fsp3) is 0.405. The number of allylic oxidation sites excluding steroid dienone is 1. The number of benzene rings is 3. The van der Waals surface area contributed by atoms with Crippen LogP contribution in [0.5, 0.6) is 5.75 Å². The number of carbonyl (C=O) groups excluding carboxylic acids is 2. The second-order valence-corrected chi connectivity index (χ2v) is 13.1. The molecule has 0 unspecified atom stereocenters. The third-order valence-electron chi connectivity index (χ3n) is 8.73. The fourth-order valence-corrected chi connectivity index (χ4v) is 6.60. The van der Waals surface area contributed by atoms with Crippen molar-refractivity contribution in [2.45, 2.75) is 51.7 Å². The number of anilines is 3. The van der Waals surface area contributed by atoms with Crippen LogP contribution in [-0.4, -0.2) is 68.1 Å². The number of urea groups is 1. The number of nitrogens with zero attached hydrogens (tertiary/aromatic N) is 3. The van der Waals surface area contributed by atoms with E-state index in [1.807, 2.05) is 60.7 Å². The minimum absolute atomic E-state index is 0.0535. The summed E-state index contributed by atoms with van der Waals surface area (Å²) in [6, 6.07) is 19.1. The van der Waals surface area contributed by atoms with Crippen LogP contribution >= 0.6 is 23.2 Å². The van der Waals surface area contributed by atoms with Crippen LogP contribution in [0, 0.1) is 0 Å². The molecule has 256 valence electrons. The maximum absolute atomic E-state index is 13.1. The summed E-state index contributed by atoms with van der Waals surface area (Å²) in [6.45, 7) is 9.86. The third-order valence-corrected chi connectivity index (χ3v) is 9.33. The van der Waals surface area contributed by atoms with Gasteiger partial charge in [0.25, 0.3) is 0 Å². The Kier molecular flexibility index (Phi) is 12.9. The SMILES string of the molecule is C=C(CCCC(=O)Nc1ccc(N2CCN(C(=O)Nc3c(Cl)cc(CN4CCCCC4)cc3Cl)CC2)cc1)OCc1ccc(OC)cc1. The van der Waals surface area contributed by atoms with E-state index in [-0.39, 0.29) is 11.9 Å². The molecule has 2 N–H and O–H groups in total. The Morgan fingerprint density at radius 2 is 1.48 bits per heavy atom. The van der Waals surface area contributed by atoms with E-state index in [2.05, 4.69) is 27.0 Å². The van der Waals surface area contributed by atoms with E-state index in [9.17, 15) is 9.59 Å². The summed E-state index contributed by atoms with van der Waals surface area (Å²) in [5.41, 5.74) is 4.31. The number of amides is 3. The van der Waals surface area contributed by atoms with Crippen molar-refractivity contribution in [3.05, 3.63) is 94.2 Å². The van der Waals surface area contributed by atoms with E-state index in [0.29, 0.717) is 73.5 Å². The second-order valence-electron chi connectivity index (χ2n) is 12.3. The summed E-state index contributed by atoms with van der Waals surface area (Å²) in [4.78, 5) is 32.0. The van der Waals surface area contributed by atoms with Gasteiger partial charge in [-0.2, -0.15) is 0 Å². The average Bonchev–Trinajstić information content (AvgIpc) is 3.10. The highest BCUT2D eigenvalue weighted by molar-refractivity contribution is 6.39. The minimum atomic E-state index is -0.215. The molecule has 0 atom stereocenters. The normalized spacial score (nSPS) is 15.1. The van der Waals surface area contributed by atoms with Crippen molar-refractivity contribution in [1.82, 2.24) is 9.80 Å². The molecule has 2 fully saturated rings. The number of hydrogen-bond donors (Lipinski definition) is 2. The van der Waals surface area contributed by atoms with Gasteiger partial charge in [0.2, 0.25) is 5.91 Å². The molecular weight excluding hydrogens is 649 g/mol. The average molecular weight is 695 g/mol. The number of carbonyl (C=O) groups is 2. The number of rotatable bonds is 13. The lowest BCUT2D eigenvalue weighted by molar-refractivity contribution is -0.116. The first-order valence-electron chi connectivity index (χ1n) is 16.6. The number of piperidine rings is 1. The van der Waals surface area contributed by atoms with Gasteiger partial charge < -0.3 is 29.9 Å². The molecule has 0 radical (unpaired) electrons. The fourth-order valence-electron chi connectivity index (χ4n) is 5.97. The Morgan fingerprint density at radius 3 is 2.12 bits per heavy atom. The van der Waals surface area contributed by atoms with Gasteiger partial charge in [-0.25, -0.2) is 4.79 Å². The van der Waals surface area contributed by atoms with E-state index in [0.717, 1.165) is 47.9 Å². The predicted octanol–water partition coefficient (Wildman–Crippen LogP) is 8.18. The van der Waals surface area contributed by atoms with Gasteiger partial charge in [0.05, 0.1) is 28.6 Å². The zero-order valence-electron chi connectivity index (χ0n) is 27.6. The predicted molar refractivity (Wildman–Crippen MR) is 194 cm³/mol. The Morgan fingerprint density at radius 1 is 0.812 bits per heavy atom. The molecule has 11 heteroatoms. The highest BCUT2D eigenvalue weighted by Crippen LogP contribution is 2.33. The zero-order chi connectivity index (χ0) is 33.9. The van der Waals surface area contributed by atoms with E-state index in [1.54, 1.807) is 12.0 Å². The number of hydrogen-bond acceptors (Lipinski definition) is 6. The molecule has 2 saturated heterocycles. The lowest BCUT2D eigenvalue weighted by Crippen LogP contribution is -2.50. The second kappa shape index (κ2) is 17.5. The van der Waals surface area contributed by atoms with Crippen molar-refractivity contribution in [2.24, 2.45) is 0 Å². The quantitative estimate of drug-likeness (QED) is 0.176. The monoisotopic (exact) mass is 693 g/mol. The summed E-state index contributed by atoms with van der Waals surface area (Å²) in [6.07, 6.45) is 5.34. The van der Waals surface area contributed by atoms with E-state index in [1.165, 1.54) is 19.3 Å². The lowest BCUT2D eigenvalue weighted by Gasteiger charge is -2.36. The molecule has 5 rings (SSSR count). The van der Waals surface area contributed by atoms with Crippen molar-refractivity contribution in [3.63, 3.8) is 0 Å². The van der Waals surface area contributed by atoms with E-state index < -0.39 is 0 Å². The van der Waals surface area contributed by atoms with Crippen molar-refractivity contribution in [1.29, 1.82) is 0 Å². The molecule has 0 bridgehead atoms. The van der Waals surface area contributed by atoms with E-state index in [4.69, 9.17) is 32.7 Å². The van der Waals surface area contributed by atoms with Crippen LogP contribution in [-0.2, 0) is 22.7 Å². The van der Waals surface area contributed by atoms with Crippen molar-refractivity contribution in [3.8, 4) is 5.75 Å². The maximum Gasteiger partial charge on any atom is 0.322 e. The van der Waals surface area contributed by atoms with Gasteiger partial charge in [-0.15, -0.1) is 0 Å². The number of methoxy groups -OCH3 is 1. The van der Waals surface area contributed by atoms with Crippen LogP contribution < -0.4 is 20.3 Å². The van der Waals surface area contributed by atoms with Crippen molar-refractivity contribution in [2.75, 3.05) is 61.9 Å². The molecule has 0 aromatic heterocycles. The van der Waals surface area contributed by atoms with Crippen molar-refractivity contribution < 1.29 is 19.1 Å². The number of halogens is 2. The molecule has 3 aromatic carbocycles. The van der Waals surface area contributed by atoms with Gasteiger partial charge in [-0.1, -0.05) is 48.3 Å². The highest BCUT2D eigenvalue weighted by Gasteiger charge is 2.23. The van der Waals surface area contributed by atoms with Crippen LogP contribution in [0.3, 0.4) is 0 Å². The van der Waals surface area contributed by atoms with Crippen LogP contribution in [0.2, 0.25) is 10.0 Å². The molecule has 9 nitrogen and oxygen atoms in total. The summed E-state index contributed by atoms with van der Waals surface area (Å²) in [7, 11) is 1.64. The van der Waals surface area contributed by atoms with Gasteiger partial charge in [0.1, 0.15) is 12.4 Å². The first-order valence-corrected chi connectivity index (χ1v) is 17.4. The van der Waals surface area contributed by atoms with Gasteiger partial charge in [-0.05, 0) is 92.0 Å². The minimum Gasteiger partial charge on any atom is -0.497 e. The number of nitrogens with one attached hydrogen (secondary N) is 2. The molecule has 0 aliphatic carbocycles. The van der Waals surface area contributed by atoms with Gasteiger partial charge in [-0.3, -0.25) is 9.69 Å². The van der Waals surface area contributed by atoms with E-state index >= 15 is 0 Å². The standard InChI is InChI=1S/C37H45Cl2N5O4/c1-27(48-26-28-9-15-32(47-2)16-10-28)7-6-8-35(45)40-30-11-13-31(14-12-30)43-19-21-44(22-20-43)37(46)41-36-33(38)23-29(24-34(36)39)25-42-17-4-3-5-18-42/h9-16,23-24H,1,3-8,17-22,25-26H2,2H3,(H,40,45)(H,41,46). The first-order chi connectivity index (χ1) is 23.3. The Balaban J connectivity index is 1.00. The molecule has 2 aliphatic heterocycles. The van der Waals surface area contributed by atoms with Crippen LogP contribution in [0.25, 0.3) is 0 Å². The van der Waals surface area contributed by atoms with Gasteiger partial charge in [0.15, 0.2) is 0 Å². The summed E-state index contributed by atoms with van der Waals surface area (Å²) in [5.74, 6) is 1.41. The van der Waals surface area contributed by atoms with Crippen LogP contribution in [0.4, 0.5) is 21.9 Å². The Bertz CT molecular complexity index is 1510. The van der Waals surface area contributed by atoms with Crippen LogP contribution in [0.15, 0.2) is 73.0 Å². The summed E-state index contributed by atoms with van der Waals surface area (Å²) >= 11 is 13.2. The Labute approximate surface area is 293 Å². The number of piperazine rings is 1. The molecule has 3 aromatic rings. The summed E-state index contributed by atoms with van der Waals surface area (Å²) in [5, 5.41) is 6.80. The largest absolute Gasteiger partial charge is 0.497 e. The maximum atomic E-state index is 13.1. The number of ether oxygens (including phenoxy) is 2. The molecule has 0 saturated carbocycles. The molecule has 0 spiro atoms. The molecular formula is C37H45Cl2N5O4. The molecule has 2 heterocycles. The van der Waals surface area contributed by atoms with Gasteiger partial charge in [0, 0.05) is 56.9 Å². The highest BCUT2D eigenvalue weighted by atomic mass is 35.5. The Hall–Kier alpha value is -3.92. The molecule has 2 aliphatic rings. The number of likely N-dealkylation sites (tertiary alicyclic amines) is 1. The van der Waals surface area contributed by atoms with Crippen molar-refractivity contribution >= 4 is 52.2 Å².